The Hall–Kier alpha value is -3.53. The van der Waals surface area contributed by atoms with E-state index in [0.717, 1.165) is 76.6 Å². The first-order valence-electron chi connectivity index (χ1n) is 18.9. The first kappa shape index (κ1) is 36.3. The molecule has 4 amide bonds. The normalized spacial score (nSPS) is 21.2. The molecule has 2 aromatic carbocycles. The summed E-state index contributed by atoms with van der Waals surface area (Å²) in [6.07, 6.45) is 12.3. The van der Waals surface area contributed by atoms with E-state index in [1.165, 1.54) is 38.5 Å². The van der Waals surface area contributed by atoms with E-state index in [1.807, 2.05) is 11.8 Å². The highest BCUT2D eigenvalue weighted by Gasteiger charge is 2.42. The topological polar surface area (TPSA) is 106 Å². The number of urea groups is 1. The van der Waals surface area contributed by atoms with Crippen molar-refractivity contribution in [3.63, 3.8) is 0 Å². The van der Waals surface area contributed by atoms with E-state index >= 15 is 0 Å². The number of hydrogen-bond acceptors (Lipinski definition) is 5. The van der Waals surface area contributed by atoms with E-state index in [4.69, 9.17) is 0 Å². The molecule has 4 N–H and O–H groups in total. The highest BCUT2D eigenvalue weighted by molar-refractivity contribution is 8.00. The van der Waals surface area contributed by atoms with Gasteiger partial charge in [0.2, 0.25) is 17.2 Å². The molecule has 10 heteroatoms. The van der Waals surface area contributed by atoms with Crippen LogP contribution in [0, 0.1) is 0 Å². The summed E-state index contributed by atoms with van der Waals surface area (Å²) in [6, 6.07) is 12.1. The Labute approximate surface area is 302 Å². The third-order valence-corrected chi connectivity index (χ3v) is 12.6. The Balaban J connectivity index is 0.873. The van der Waals surface area contributed by atoms with Gasteiger partial charge in [-0.05, 0) is 84.7 Å². The van der Waals surface area contributed by atoms with Gasteiger partial charge in [0.05, 0.1) is 12.1 Å². The molecular formula is C40H57N6O3S+. The van der Waals surface area contributed by atoms with Crippen molar-refractivity contribution in [2.45, 2.75) is 107 Å². The van der Waals surface area contributed by atoms with Crippen molar-refractivity contribution in [3.8, 4) is 0 Å². The third kappa shape index (κ3) is 8.49. The fourth-order valence-electron chi connectivity index (χ4n) is 8.19. The predicted molar refractivity (Wildman–Crippen MR) is 205 cm³/mol. The summed E-state index contributed by atoms with van der Waals surface area (Å²) in [4.78, 5) is 38.6. The zero-order chi connectivity index (χ0) is 35.3. The van der Waals surface area contributed by atoms with Gasteiger partial charge in [0.1, 0.15) is 13.1 Å². The maximum atomic E-state index is 12.6. The van der Waals surface area contributed by atoms with Gasteiger partial charge in [0.15, 0.2) is 0 Å². The SMILES string of the molecule is CN(C)c1ccc2c(c1)C(C)(C)c1cc3c(cc1=C2)CCC[N+]=3CCCC(=O)NCCCCCNC(=O)CCCCC1SCC2NC(=O)NC21. The second-order valence-corrected chi connectivity index (χ2v) is 16.6. The minimum Gasteiger partial charge on any atom is -0.378 e. The lowest BCUT2D eigenvalue weighted by Gasteiger charge is -2.33. The van der Waals surface area contributed by atoms with Gasteiger partial charge >= 0.3 is 6.03 Å². The number of carbonyl (C=O) groups is 3. The van der Waals surface area contributed by atoms with Gasteiger partial charge in [-0.1, -0.05) is 26.3 Å². The molecule has 1 aliphatic carbocycles. The molecule has 4 aliphatic rings. The first-order valence-corrected chi connectivity index (χ1v) is 20.0. The van der Waals surface area contributed by atoms with E-state index < -0.39 is 0 Å². The Kier molecular flexibility index (Phi) is 11.8. The minimum absolute atomic E-state index is 0.0465. The average Bonchev–Trinajstić information content (AvgIpc) is 3.64. The van der Waals surface area contributed by atoms with Crippen LogP contribution in [0.25, 0.3) is 6.08 Å². The van der Waals surface area contributed by atoms with Crippen LogP contribution in [0.2, 0.25) is 0 Å². The summed E-state index contributed by atoms with van der Waals surface area (Å²) in [5.41, 5.74) is 6.63. The standard InChI is InChI=1S/C40H56N6O3S/c1-40(2)31-24-30(45(3)4)17-16-27(31)22-29-23-28-12-10-20-46(34(28)25-32(29)40)21-11-15-37(48)42-19-9-5-8-18-41-36(47)14-7-6-13-35-38-33(26-50-35)43-39(49)44-38/h16-17,22-25,33,35,38H,5-15,18-21,26H2,1-4H3,(H3-,41,42,43,44,47,48,49)/p+1. The summed E-state index contributed by atoms with van der Waals surface area (Å²) in [7, 11) is 4.20. The molecule has 6 rings (SSSR count). The number of carbonyl (C=O) groups excluding carboxylic acids is 3. The molecule has 0 saturated carbocycles. The second kappa shape index (κ2) is 16.2. The zero-order valence-electron chi connectivity index (χ0n) is 30.5. The summed E-state index contributed by atoms with van der Waals surface area (Å²) in [5, 5.41) is 15.3. The molecule has 2 aromatic rings. The van der Waals surface area contributed by atoms with Crippen molar-refractivity contribution in [3.05, 3.63) is 63.2 Å². The van der Waals surface area contributed by atoms with Crippen LogP contribution in [0.4, 0.5) is 10.5 Å². The van der Waals surface area contributed by atoms with E-state index in [9.17, 15) is 14.4 Å². The number of anilines is 1. The van der Waals surface area contributed by atoms with E-state index in [2.05, 4.69) is 95.1 Å². The monoisotopic (exact) mass is 701 g/mol. The molecule has 2 fully saturated rings. The van der Waals surface area contributed by atoms with Gasteiger partial charge in [0, 0.05) is 86.6 Å². The van der Waals surface area contributed by atoms with Crippen LogP contribution in [0.15, 0.2) is 30.3 Å². The number of fused-ring (bicyclic) bond motifs is 4. The van der Waals surface area contributed by atoms with Crippen LogP contribution in [-0.4, -0.2) is 81.2 Å². The Morgan fingerprint density at radius 3 is 2.46 bits per heavy atom. The van der Waals surface area contributed by atoms with Crippen LogP contribution >= 0.6 is 11.8 Å². The van der Waals surface area contributed by atoms with Crippen LogP contribution < -0.4 is 41.3 Å². The summed E-state index contributed by atoms with van der Waals surface area (Å²) in [5.74, 6) is 1.22. The fourth-order valence-corrected chi connectivity index (χ4v) is 9.73. The number of amides is 4. The quantitative estimate of drug-likeness (QED) is 0.122. The number of nitrogens with one attached hydrogen (secondary N) is 4. The third-order valence-electron chi connectivity index (χ3n) is 11.1. The molecule has 0 aromatic heterocycles. The molecule has 2 saturated heterocycles. The summed E-state index contributed by atoms with van der Waals surface area (Å²) < 4.78 is 2.50. The maximum absolute atomic E-state index is 12.6. The molecular weight excluding hydrogens is 645 g/mol. The first-order chi connectivity index (χ1) is 24.1. The summed E-state index contributed by atoms with van der Waals surface area (Å²) in [6.45, 7) is 8.00. The van der Waals surface area contributed by atoms with E-state index in [1.54, 1.807) is 0 Å². The molecule has 0 bridgehead atoms. The average molecular weight is 702 g/mol. The van der Waals surface area contributed by atoms with Crippen LogP contribution in [-0.2, 0) is 21.4 Å². The Morgan fingerprint density at radius 1 is 0.940 bits per heavy atom. The zero-order valence-corrected chi connectivity index (χ0v) is 31.4. The fraction of sp³-hybridized carbons (Fsp3) is 0.600. The number of thioether (sulfide) groups is 1. The molecule has 9 nitrogen and oxygen atoms in total. The van der Waals surface area contributed by atoms with Crippen molar-refractivity contribution in [1.82, 2.24) is 25.8 Å². The molecule has 3 atom stereocenters. The van der Waals surface area contributed by atoms with Crippen LogP contribution in [0.3, 0.4) is 0 Å². The molecule has 3 heterocycles. The lowest BCUT2D eigenvalue weighted by Crippen LogP contribution is -2.42. The van der Waals surface area contributed by atoms with Crippen molar-refractivity contribution in [2.75, 3.05) is 50.9 Å². The van der Waals surface area contributed by atoms with Gasteiger partial charge in [-0.15, -0.1) is 0 Å². The van der Waals surface area contributed by atoms with Gasteiger partial charge in [-0.25, -0.2) is 9.37 Å². The lowest BCUT2D eigenvalue weighted by molar-refractivity contribution is -0.121. The highest BCUT2D eigenvalue weighted by Crippen LogP contribution is 2.37. The number of unbranched alkanes of at least 4 members (excludes halogenated alkanes) is 3. The van der Waals surface area contributed by atoms with E-state index in [0.29, 0.717) is 31.2 Å². The Morgan fingerprint density at radius 2 is 1.70 bits per heavy atom. The largest absolute Gasteiger partial charge is 0.378 e. The molecule has 270 valence electrons. The number of benzene rings is 2. The lowest BCUT2D eigenvalue weighted by atomic mass is 9.71. The molecule has 3 aliphatic heterocycles. The van der Waals surface area contributed by atoms with Crippen LogP contribution in [0.1, 0.15) is 100 Å². The summed E-state index contributed by atoms with van der Waals surface area (Å²) >= 11 is 1.92. The van der Waals surface area contributed by atoms with Gasteiger partial charge in [-0.3, -0.25) is 9.59 Å². The van der Waals surface area contributed by atoms with Crippen molar-refractivity contribution in [1.29, 1.82) is 0 Å². The highest BCUT2D eigenvalue weighted by atomic mass is 32.2. The minimum atomic E-state index is -0.0935. The molecule has 3 unspecified atom stereocenters. The second-order valence-electron chi connectivity index (χ2n) is 15.3. The number of hydrogen-bond donors (Lipinski definition) is 4. The Bertz CT molecular complexity index is 1710. The number of aryl methyl sites for hydroxylation is 1. The van der Waals surface area contributed by atoms with Crippen molar-refractivity contribution < 1.29 is 14.4 Å². The van der Waals surface area contributed by atoms with Gasteiger partial charge in [0.25, 0.3) is 0 Å². The van der Waals surface area contributed by atoms with Crippen LogP contribution in [0.5, 0.6) is 0 Å². The van der Waals surface area contributed by atoms with Gasteiger partial charge in [-0.2, -0.15) is 11.8 Å². The smallest absolute Gasteiger partial charge is 0.315 e. The van der Waals surface area contributed by atoms with E-state index in [-0.39, 0.29) is 35.3 Å². The molecule has 0 spiro atoms. The van der Waals surface area contributed by atoms with Gasteiger partial charge < -0.3 is 26.2 Å². The number of rotatable bonds is 16. The predicted octanol–water partition coefficient (Wildman–Crippen LogP) is 3.57. The van der Waals surface area contributed by atoms with Crippen molar-refractivity contribution in [2.24, 2.45) is 0 Å². The number of nitrogens with zero attached hydrogens (tertiary/aromatic N) is 2. The molecule has 0 radical (unpaired) electrons. The van der Waals surface area contributed by atoms with Crippen molar-refractivity contribution >= 4 is 41.4 Å². The maximum Gasteiger partial charge on any atom is 0.315 e. The molecule has 50 heavy (non-hydrogen) atoms.